The Bertz CT molecular complexity index is 572. The number of imidazole rings is 1. The molecule has 8 heteroatoms. The third kappa shape index (κ3) is 1.70. The zero-order valence-corrected chi connectivity index (χ0v) is 9.47. The molecule has 0 saturated carbocycles. The van der Waals surface area contributed by atoms with Crippen LogP contribution >= 0.6 is 0 Å². The molecule has 0 unspecified atom stereocenters. The topological polar surface area (TPSA) is 119 Å². The first-order valence-electron chi connectivity index (χ1n) is 5.58. The van der Waals surface area contributed by atoms with Gasteiger partial charge in [-0.2, -0.15) is 4.98 Å². The van der Waals surface area contributed by atoms with Crippen molar-refractivity contribution in [3.63, 3.8) is 0 Å². The number of nitrogens with zero attached hydrogens (tertiary/aromatic N) is 4. The normalized spacial score (nSPS) is 28.0. The van der Waals surface area contributed by atoms with Crippen LogP contribution in [0.3, 0.4) is 0 Å². The minimum atomic E-state index is -0.688. The lowest BCUT2D eigenvalue weighted by Gasteiger charge is -2.13. The summed E-state index contributed by atoms with van der Waals surface area (Å²) in [5, 5.41) is 18.8. The average molecular weight is 251 g/mol. The van der Waals surface area contributed by atoms with Gasteiger partial charge in [-0.3, -0.25) is 0 Å². The maximum absolute atomic E-state index is 9.70. The Hall–Kier alpha value is -1.77. The third-order valence-electron chi connectivity index (χ3n) is 3.05. The van der Waals surface area contributed by atoms with E-state index < -0.39 is 12.2 Å². The van der Waals surface area contributed by atoms with Crippen molar-refractivity contribution in [2.75, 3.05) is 12.3 Å². The minimum absolute atomic E-state index is 0.161. The fraction of sp³-hybridized carbons (Fsp3) is 0.500. The largest absolute Gasteiger partial charge is 0.394 e. The average Bonchev–Trinajstić information content (AvgIpc) is 2.91. The number of rotatable bonds is 2. The molecule has 18 heavy (non-hydrogen) atoms. The quantitative estimate of drug-likeness (QED) is 0.629. The Labute approximate surface area is 102 Å². The van der Waals surface area contributed by atoms with Gasteiger partial charge in [0.2, 0.25) is 5.95 Å². The van der Waals surface area contributed by atoms with Crippen LogP contribution in [-0.2, 0) is 4.74 Å². The van der Waals surface area contributed by atoms with Gasteiger partial charge in [-0.1, -0.05) is 0 Å². The number of aliphatic hydroxyl groups excluding tert-OH is 2. The van der Waals surface area contributed by atoms with Gasteiger partial charge < -0.3 is 25.3 Å². The summed E-state index contributed by atoms with van der Waals surface area (Å²) < 4.78 is 7.27. The lowest BCUT2D eigenvalue weighted by molar-refractivity contribution is -0.0430. The molecular formula is C10H13N5O3. The minimum Gasteiger partial charge on any atom is -0.394 e. The molecule has 2 aromatic heterocycles. The zero-order valence-electron chi connectivity index (χ0n) is 9.47. The van der Waals surface area contributed by atoms with Crippen molar-refractivity contribution in [3.8, 4) is 0 Å². The van der Waals surface area contributed by atoms with E-state index in [0.717, 1.165) is 0 Å². The molecule has 0 amide bonds. The number of aliphatic hydroxyl groups is 2. The molecule has 96 valence electrons. The lowest BCUT2D eigenvalue weighted by atomic mass is 10.2. The lowest BCUT2D eigenvalue weighted by Crippen LogP contribution is -2.24. The Morgan fingerprint density at radius 3 is 3.06 bits per heavy atom. The Morgan fingerprint density at radius 2 is 2.33 bits per heavy atom. The Morgan fingerprint density at radius 1 is 1.50 bits per heavy atom. The second-order valence-corrected chi connectivity index (χ2v) is 4.20. The van der Waals surface area contributed by atoms with Crippen molar-refractivity contribution >= 4 is 17.1 Å². The van der Waals surface area contributed by atoms with Gasteiger partial charge in [0.1, 0.15) is 17.8 Å². The highest BCUT2D eigenvalue weighted by Gasteiger charge is 2.35. The second kappa shape index (κ2) is 4.16. The van der Waals surface area contributed by atoms with Crippen LogP contribution < -0.4 is 5.73 Å². The van der Waals surface area contributed by atoms with Crippen molar-refractivity contribution < 1.29 is 14.9 Å². The van der Waals surface area contributed by atoms with Crippen molar-refractivity contribution in [1.82, 2.24) is 19.5 Å². The molecule has 4 N–H and O–H groups in total. The summed E-state index contributed by atoms with van der Waals surface area (Å²) in [6.45, 7) is -0.215. The molecule has 8 nitrogen and oxygen atoms in total. The van der Waals surface area contributed by atoms with Gasteiger partial charge in [-0.05, 0) is 0 Å². The number of nitrogens with two attached hydrogens (primary N) is 1. The maximum Gasteiger partial charge on any atom is 0.222 e. The first-order valence-corrected chi connectivity index (χ1v) is 5.58. The molecule has 0 aromatic carbocycles. The molecule has 1 fully saturated rings. The summed E-state index contributed by atoms with van der Waals surface area (Å²) in [4.78, 5) is 12.0. The Kier molecular flexibility index (Phi) is 2.62. The van der Waals surface area contributed by atoms with Crippen LogP contribution in [0.5, 0.6) is 0 Å². The molecule has 1 saturated heterocycles. The van der Waals surface area contributed by atoms with Crippen LogP contribution in [0.1, 0.15) is 12.6 Å². The fourth-order valence-corrected chi connectivity index (χ4v) is 2.12. The van der Waals surface area contributed by atoms with Gasteiger partial charge in [-0.15, -0.1) is 0 Å². The molecule has 3 atom stereocenters. The molecule has 0 spiro atoms. The molecule has 1 aliphatic rings. The van der Waals surface area contributed by atoms with Crippen LogP contribution in [0.2, 0.25) is 0 Å². The number of anilines is 1. The molecule has 1 aliphatic heterocycles. The summed E-state index contributed by atoms with van der Waals surface area (Å²) in [6.07, 6.45) is 1.88. The fourth-order valence-electron chi connectivity index (χ4n) is 2.12. The summed E-state index contributed by atoms with van der Waals surface area (Å²) >= 11 is 0. The highest BCUT2D eigenvalue weighted by Crippen LogP contribution is 2.30. The summed E-state index contributed by atoms with van der Waals surface area (Å²) in [7, 11) is 0. The van der Waals surface area contributed by atoms with Crippen LogP contribution in [0.15, 0.2) is 12.5 Å². The van der Waals surface area contributed by atoms with Crippen LogP contribution in [0.4, 0.5) is 5.95 Å². The van der Waals surface area contributed by atoms with Crippen molar-refractivity contribution in [2.24, 2.45) is 0 Å². The summed E-state index contributed by atoms with van der Waals surface area (Å²) in [5.74, 6) is 0.161. The smallest absolute Gasteiger partial charge is 0.222 e. The zero-order chi connectivity index (χ0) is 12.7. The monoisotopic (exact) mass is 251 g/mol. The number of hydrogen-bond acceptors (Lipinski definition) is 7. The van der Waals surface area contributed by atoms with Crippen molar-refractivity contribution in [1.29, 1.82) is 0 Å². The number of ether oxygens (including phenoxy) is 1. The van der Waals surface area contributed by atoms with Crippen LogP contribution in [0.25, 0.3) is 11.2 Å². The Balaban J connectivity index is 1.96. The highest BCUT2D eigenvalue weighted by molar-refractivity contribution is 5.70. The van der Waals surface area contributed by atoms with E-state index >= 15 is 0 Å². The van der Waals surface area contributed by atoms with E-state index in [1.165, 1.54) is 0 Å². The van der Waals surface area contributed by atoms with E-state index in [2.05, 4.69) is 15.0 Å². The van der Waals surface area contributed by atoms with E-state index in [-0.39, 0.29) is 18.8 Å². The predicted octanol–water partition coefficient (Wildman–Crippen LogP) is -0.951. The molecule has 3 rings (SSSR count). The summed E-state index contributed by atoms with van der Waals surface area (Å²) in [6, 6.07) is 0. The van der Waals surface area contributed by atoms with E-state index in [1.807, 2.05) is 0 Å². The van der Waals surface area contributed by atoms with E-state index in [1.54, 1.807) is 17.1 Å². The molecule has 0 bridgehead atoms. The van der Waals surface area contributed by atoms with Crippen LogP contribution in [-0.4, -0.2) is 48.5 Å². The van der Waals surface area contributed by atoms with Gasteiger partial charge in [0.05, 0.1) is 25.2 Å². The first kappa shape index (κ1) is 11.3. The van der Waals surface area contributed by atoms with E-state index in [4.69, 9.17) is 15.6 Å². The van der Waals surface area contributed by atoms with E-state index in [9.17, 15) is 5.11 Å². The van der Waals surface area contributed by atoms with Gasteiger partial charge >= 0.3 is 0 Å². The number of nitrogen functional groups attached to an aromatic ring is 1. The number of aromatic nitrogens is 4. The van der Waals surface area contributed by atoms with Crippen molar-refractivity contribution in [3.05, 3.63) is 12.5 Å². The third-order valence-corrected chi connectivity index (χ3v) is 3.05. The molecule has 0 aliphatic carbocycles. The highest BCUT2D eigenvalue weighted by atomic mass is 16.5. The van der Waals surface area contributed by atoms with Crippen LogP contribution in [0, 0.1) is 0 Å². The van der Waals surface area contributed by atoms with Gasteiger partial charge in [0, 0.05) is 6.42 Å². The summed E-state index contributed by atoms with van der Waals surface area (Å²) in [5.41, 5.74) is 6.64. The maximum atomic E-state index is 9.70. The molecular weight excluding hydrogens is 238 g/mol. The second-order valence-electron chi connectivity index (χ2n) is 4.20. The van der Waals surface area contributed by atoms with Crippen molar-refractivity contribution in [2.45, 2.75) is 24.9 Å². The standard InChI is InChI=1S/C10H13N5O3/c11-10-12-2-5-9(14-10)13-4-15(5)8-1-6(17)7(3-16)18-8/h2,4,6-8,16-17H,1,3H2,(H2,11,12,14)/t6-,7+,8+/m0/s1. The van der Waals surface area contributed by atoms with Gasteiger partial charge in [0.25, 0.3) is 0 Å². The number of hydrogen-bond donors (Lipinski definition) is 3. The SMILES string of the molecule is Nc1ncc2c(ncn2[C@H]2C[C@H](O)[C@@H](CO)O2)n1. The first-order chi connectivity index (χ1) is 8.69. The number of fused-ring (bicyclic) bond motifs is 1. The molecule has 2 aromatic rings. The predicted molar refractivity (Wildman–Crippen MR) is 61.4 cm³/mol. The molecule has 3 heterocycles. The van der Waals surface area contributed by atoms with E-state index in [0.29, 0.717) is 17.6 Å². The van der Waals surface area contributed by atoms with Gasteiger partial charge in [-0.25, -0.2) is 9.97 Å². The molecule has 0 radical (unpaired) electrons. The van der Waals surface area contributed by atoms with Gasteiger partial charge in [0.15, 0.2) is 5.65 Å².